The second-order valence-corrected chi connectivity index (χ2v) is 12.7. The molecule has 0 aliphatic heterocycles. The molecule has 4 saturated carbocycles. The quantitative estimate of drug-likeness (QED) is 0.543. The normalized spacial score (nSPS) is 50.7. The van der Waals surface area contributed by atoms with Gasteiger partial charge in [0.1, 0.15) is 0 Å². The highest BCUT2D eigenvalue weighted by Crippen LogP contribution is 2.69. The van der Waals surface area contributed by atoms with E-state index in [2.05, 4.69) is 34.6 Å². The molecule has 29 heavy (non-hydrogen) atoms. The van der Waals surface area contributed by atoms with Crippen molar-refractivity contribution in [3.8, 4) is 0 Å². The van der Waals surface area contributed by atoms with Crippen LogP contribution in [0.3, 0.4) is 0 Å². The molecule has 0 heterocycles. The van der Waals surface area contributed by atoms with Crippen LogP contribution in [0.5, 0.6) is 0 Å². The summed E-state index contributed by atoms with van der Waals surface area (Å²) in [7, 11) is 0. The maximum atomic E-state index is 12.3. The average Bonchev–Trinajstić information content (AvgIpc) is 3.01. The summed E-state index contributed by atoms with van der Waals surface area (Å²) < 4.78 is 0. The van der Waals surface area contributed by atoms with Crippen molar-refractivity contribution >= 4 is 0 Å². The number of hydrogen-bond donors (Lipinski definition) is 2. The summed E-state index contributed by atoms with van der Waals surface area (Å²) in [5.74, 6) is 3.47. The van der Waals surface area contributed by atoms with Gasteiger partial charge in [0, 0.05) is 0 Å². The zero-order chi connectivity index (χ0) is 21.0. The summed E-state index contributed by atoms with van der Waals surface area (Å²) >= 11 is 0. The Kier molecular flexibility index (Phi) is 5.95. The van der Waals surface area contributed by atoms with E-state index in [1.807, 2.05) is 0 Å². The van der Waals surface area contributed by atoms with E-state index in [-0.39, 0.29) is 10.8 Å². The first-order chi connectivity index (χ1) is 13.6. The van der Waals surface area contributed by atoms with Crippen LogP contribution in [0, 0.1) is 46.3 Å². The Balaban J connectivity index is 1.56. The summed E-state index contributed by atoms with van der Waals surface area (Å²) in [6.45, 7) is 12.1. The van der Waals surface area contributed by atoms with Gasteiger partial charge in [0.05, 0.1) is 11.7 Å². The van der Waals surface area contributed by atoms with Crippen molar-refractivity contribution in [2.24, 2.45) is 46.3 Å². The Bertz CT molecular complexity index is 587. The van der Waals surface area contributed by atoms with Gasteiger partial charge in [0.2, 0.25) is 0 Å². The monoisotopic (exact) mass is 404 g/mol. The van der Waals surface area contributed by atoms with Crippen LogP contribution in [0.2, 0.25) is 0 Å². The minimum Gasteiger partial charge on any atom is -0.390 e. The highest BCUT2D eigenvalue weighted by molar-refractivity contribution is 5.18. The van der Waals surface area contributed by atoms with Gasteiger partial charge >= 0.3 is 0 Å². The van der Waals surface area contributed by atoms with Gasteiger partial charge < -0.3 is 10.2 Å². The van der Waals surface area contributed by atoms with Crippen LogP contribution in [0.4, 0.5) is 0 Å². The Morgan fingerprint density at radius 1 is 0.862 bits per heavy atom. The number of aliphatic hydroxyl groups is 2. The summed E-state index contributed by atoms with van der Waals surface area (Å²) in [4.78, 5) is 0. The van der Waals surface area contributed by atoms with Crippen molar-refractivity contribution in [3.63, 3.8) is 0 Å². The van der Waals surface area contributed by atoms with Crippen LogP contribution in [0.1, 0.15) is 112 Å². The Morgan fingerprint density at radius 2 is 1.59 bits per heavy atom. The van der Waals surface area contributed by atoms with E-state index in [1.54, 1.807) is 0 Å². The van der Waals surface area contributed by atoms with E-state index in [4.69, 9.17) is 0 Å². The minimum absolute atomic E-state index is 0.210. The molecule has 4 rings (SSSR count). The zero-order valence-electron chi connectivity index (χ0n) is 19.9. The molecule has 2 N–H and O–H groups in total. The van der Waals surface area contributed by atoms with Crippen LogP contribution < -0.4 is 0 Å². The van der Waals surface area contributed by atoms with Gasteiger partial charge in [-0.3, -0.25) is 0 Å². The van der Waals surface area contributed by atoms with Crippen molar-refractivity contribution in [3.05, 3.63) is 0 Å². The van der Waals surface area contributed by atoms with Gasteiger partial charge in [-0.25, -0.2) is 0 Å². The molecule has 0 spiro atoms. The number of fused-ring (bicyclic) bond motifs is 5. The molecule has 2 heteroatoms. The van der Waals surface area contributed by atoms with Crippen LogP contribution in [0.25, 0.3) is 0 Å². The third-order valence-corrected chi connectivity index (χ3v) is 10.9. The maximum absolute atomic E-state index is 12.3. The topological polar surface area (TPSA) is 40.5 Å². The summed E-state index contributed by atoms with van der Waals surface area (Å²) in [5, 5.41) is 23.7. The molecular weight excluding hydrogens is 356 g/mol. The summed E-state index contributed by atoms with van der Waals surface area (Å²) in [5.41, 5.74) is -0.391. The molecule has 9 atom stereocenters. The first kappa shape index (κ1) is 22.1. The van der Waals surface area contributed by atoms with Gasteiger partial charge in [-0.15, -0.1) is 0 Å². The Morgan fingerprint density at radius 3 is 2.31 bits per heavy atom. The first-order valence-electron chi connectivity index (χ1n) is 13.0. The van der Waals surface area contributed by atoms with Gasteiger partial charge in [-0.1, -0.05) is 66.7 Å². The van der Waals surface area contributed by atoms with Gasteiger partial charge in [-0.2, -0.15) is 0 Å². The van der Waals surface area contributed by atoms with E-state index in [0.29, 0.717) is 23.7 Å². The zero-order valence-corrected chi connectivity index (χ0v) is 19.9. The second-order valence-electron chi connectivity index (χ2n) is 12.7. The van der Waals surface area contributed by atoms with Crippen LogP contribution in [-0.4, -0.2) is 21.9 Å². The Hall–Kier alpha value is -0.0800. The van der Waals surface area contributed by atoms with Crippen LogP contribution >= 0.6 is 0 Å². The summed E-state index contributed by atoms with van der Waals surface area (Å²) in [6.07, 6.45) is 14.2. The maximum Gasteiger partial charge on any atom is 0.0971 e. The van der Waals surface area contributed by atoms with E-state index in [0.717, 1.165) is 31.1 Å². The minimum atomic E-state index is -0.845. The third-order valence-electron chi connectivity index (χ3n) is 10.9. The lowest BCUT2D eigenvalue weighted by atomic mass is 9.42. The van der Waals surface area contributed by atoms with Crippen molar-refractivity contribution in [2.45, 2.75) is 123 Å². The molecule has 0 radical (unpaired) electrons. The molecular formula is C27H48O2. The fourth-order valence-electron chi connectivity index (χ4n) is 9.35. The molecule has 4 fully saturated rings. The SMILES string of the molecule is CC(C)CCC[C@@H](C)C1CCC2C1(C)CCC1C2(O)C(O)C[C@H]2CCCCC12C. The molecule has 0 aromatic carbocycles. The standard InChI is InChI=1S/C27H48O2/c1-18(2)9-8-10-19(3)21-12-13-22-26(21,5)16-14-23-25(4)15-7-6-11-20(25)17-24(28)27(22,23)29/h18-24,28-29H,6-17H2,1-5H3/t19-,20-,21?,22?,23?,24?,25?,26?,27?/m1/s1. The van der Waals surface area contributed by atoms with E-state index in [9.17, 15) is 10.2 Å². The van der Waals surface area contributed by atoms with Crippen molar-refractivity contribution in [2.75, 3.05) is 0 Å². The molecule has 0 bridgehead atoms. The molecule has 4 aliphatic carbocycles. The molecule has 2 nitrogen and oxygen atoms in total. The molecule has 0 aromatic rings. The molecule has 0 aromatic heterocycles. The lowest BCUT2D eigenvalue weighted by molar-refractivity contribution is -0.267. The molecule has 0 amide bonds. The van der Waals surface area contributed by atoms with E-state index in [1.165, 1.54) is 57.8 Å². The molecule has 4 aliphatic rings. The van der Waals surface area contributed by atoms with Crippen molar-refractivity contribution in [1.82, 2.24) is 0 Å². The van der Waals surface area contributed by atoms with Crippen LogP contribution in [-0.2, 0) is 0 Å². The summed E-state index contributed by atoms with van der Waals surface area (Å²) in [6, 6.07) is 0. The van der Waals surface area contributed by atoms with Crippen molar-refractivity contribution < 1.29 is 10.2 Å². The fraction of sp³-hybridized carbons (Fsp3) is 1.00. The number of hydrogen-bond acceptors (Lipinski definition) is 2. The first-order valence-corrected chi connectivity index (χ1v) is 13.0. The fourth-order valence-corrected chi connectivity index (χ4v) is 9.35. The molecule has 0 saturated heterocycles. The second kappa shape index (κ2) is 7.80. The highest BCUT2D eigenvalue weighted by Gasteiger charge is 2.69. The Labute approximate surface area is 180 Å². The van der Waals surface area contributed by atoms with E-state index >= 15 is 0 Å². The van der Waals surface area contributed by atoms with Crippen LogP contribution in [0.15, 0.2) is 0 Å². The largest absolute Gasteiger partial charge is 0.390 e. The third kappa shape index (κ3) is 3.34. The predicted molar refractivity (Wildman–Crippen MR) is 121 cm³/mol. The smallest absolute Gasteiger partial charge is 0.0971 e. The predicted octanol–water partition coefficient (Wildman–Crippen LogP) is 6.58. The lowest BCUT2D eigenvalue weighted by Crippen LogP contribution is -2.69. The molecule has 168 valence electrons. The van der Waals surface area contributed by atoms with Crippen molar-refractivity contribution in [1.29, 1.82) is 0 Å². The highest BCUT2D eigenvalue weighted by atomic mass is 16.3. The van der Waals surface area contributed by atoms with E-state index < -0.39 is 11.7 Å². The number of rotatable bonds is 5. The van der Waals surface area contributed by atoms with Gasteiger partial charge in [0.15, 0.2) is 0 Å². The molecule has 7 unspecified atom stereocenters. The van der Waals surface area contributed by atoms with Gasteiger partial charge in [-0.05, 0) is 91.3 Å². The van der Waals surface area contributed by atoms with Gasteiger partial charge in [0.25, 0.3) is 0 Å². The number of aliphatic hydroxyl groups excluding tert-OH is 1. The lowest BCUT2D eigenvalue weighted by Gasteiger charge is -2.66. The average molecular weight is 405 g/mol.